The van der Waals surface area contributed by atoms with Gasteiger partial charge in [0.25, 0.3) is 5.91 Å². The Labute approximate surface area is 147 Å². The van der Waals surface area contributed by atoms with E-state index in [2.05, 4.69) is 10.0 Å². The van der Waals surface area contributed by atoms with Crippen molar-refractivity contribution in [2.45, 2.75) is 26.3 Å². The van der Waals surface area contributed by atoms with Crippen LogP contribution in [-0.4, -0.2) is 38.7 Å². The third-order valence-corrected chi connectivity index (χ3v) is 4.15. The number of nitrogens with one attached hydrogen (secondary N) is 2. The van der Waals surface area contributed by atoms with Crippen LogP contribution in [0.4, 0.5) is 5.69 Å². The van der Waals surface area contributed by atoms with Crippen LogP contribution in [0.5, 0.6) is 0 Å². The van der Waals surface area contributed by atoms with Gasteiger partial charge in [-0.3, -0.25) is 9.52 Å². The molecule has 1 atom stereocenters. The summed E-state index contributed by atoms with van der Waals surface area (Å²) in [4.78, 5) is 24.0. The van der Waals surface area contributed by atoms with Crippen LogP contribution in [0, 0.1) is 17.2 Å². The lowest BCUT2D eigenvalue weighted by molar-refractivity contribution is -0.125. The lowest BCUT2D eigenvalue weighted by Crippen LogP contribution is -2.50. The lowest BCUT2D eigenvalue weighted by atomic mass is 9.90. The molecule has 1 unspecified atom stereocenters. The second kappa shape index (κ2) is 7.98. The van der Waals surface area contributed by atoms with Gasteiger partial charge in [-0.15, -0.1) is 0 Å². The molecule has 0 heterocycles. The van der Waals surface area contributed by atoms with E-state index in [1.807, 2.05) is 6.07 Å². The zero-order chi connectivity index (χ0) is 19.3. The number of para-hydroxylation sites is 1. The van der Waals surface area contributed by atoms with Crippen LogP contribution in [0.15, 0.2) is 24.3 Å². The zero-order valence-corrected chi connectivity index (χ0v) is 15.3. The molecule has 0 saturated heterocycles. The quantitative estimate of drug-likeness (QED) is 0.699. The zero-order valence-electron chi connectivity index (χ0n) is 14.5. The fourth-order valence-corrected chi connectivity index (χ4v) is 2.36. The van der Waals surface area contributed by atoms with Crippen molar-refractivity contribution in [2.75, 3.05) is 17.6 Å². The van der Waals surface area contributed by atoms with Crippen LogP contribution >= 0.6 is 0 Å². The number of carbonyl (C=O) groups excluding carboxylic acids is 2. The second-order valence-electron chi connectivity index (χ2n) is 6.01. The summed E-state index contributed by atoms with van der Waals surface area (Å²) in [6.07, 6.45) is 0.956. The van der Waals surface area contributed by atoms with E-state index in [9.17, 15) is 18.0 Å². The summed E-state index contributed by atoms with van der Waals surface area (Å²) in [5, 5.41) is 11.7. The molecule has 1 aromatic carbocycles. The maximum atomic E-state index is 12.1. The van der Waals surface area contributed by atoms with Gasteiger partial charge in [0.05, 0.1) is 23.6 Å². The van der Waals surface area contributed by atoms with Crippen molar-refractivity contribution in [3.63, 3.8) is 0 Å². The van der Waals surface area contributed by atoms with Gasteiger partial charge in [0.2, 0.25) is 10.0 Å². The first-order chi connectivity index (χ1) is 11.5. The number of hydrogen-bond donors (Lipinski definition) is 2. The van der Waals surface area contributed by atoms with E-state index in [0.717, 1.165) is 6.26 Å². The molecule has 25 heavy (non-hydrogen) atoms. The van der Waals surface area contributed by atoms with Crippen LogP contribution in [0.2, 0.25) is 0 Å². The van der Waals surface area contributed by atoms with Gasteiger partial charge in [-0.1, -0.05) is 26.0 Å². The number of rotatable bonds is 7. The molecule has 2 N–H and O–H groups in total. The minimum atomic E-state index is -3.57. The number of anilines is 1. The smallest absolute Gasteiger partial charge is 0.340 e. The number of benzene rings is 1. The molecule has 0 fully saturated rings. The Bertz CT molecular complexity index is 798. The largest absolute Gasteiger partial charge is 0.452 e. The maximum Gasteiger partial charge on any atom is 0.340 e. The monoisotopic (exact) mass is 367 g/mol. The lowest BCUT2D eigenvalue weighted by Gasteiger charge is -2.27. The van der Waals surface area contributed by atoms with E-state index >= 15 is 0 Å². The minimum Gasteiger partial charge on any atom is -0.452 e. The molecule has 1 aromatic rings. The third kappa shape index (κ3) is 6.08. The van der Waals surface area contributed by atoms with Gasteiger partial charge >= 0.3 is 5.97 Å². The van der Waals surface area contributed by atoms with Crippen molar-refractivity contribution >= 4 is 27.6 Å². The third-order valence-electron chi connectivity index (χ3n) is 3.56. The second-order valence-corrected chi connectivity index (χ2v) is 7.76. The number of nitrogens with zero attached hydrogens (tertiary/aromatic N) is 1. The van der Waals surface area contributed by atoms with E-state index in [-0.39, 0.29) is 17.2 Å². The molecule has 8 nitrogen and oxygen atoms in total. The highest BCUT2D eigenvalue weighted by molar-refractivity contribution is 7.92. The Morgan fingerprint density at radius 2 is 1.92 bits per heavy atom. The Morgan fingerprint density at radius 1 is 1.32 bits per heavy atom. The van der Waals surface area contributed by atoms with Gasteiger partial charge < -0.3 is 10.1 Å². The summed E-state index contributed by atoms with van der Waals surface area (Å²) in [6.45, 7) is 4.55. The Kier molecular flexibility index (Phi) is 6.53. The number of esters is 1. The van der Waals surface area contributed by atoms with Crippen LogP contribution in [0.3, 0.4) is 0 Å². The molecule has 0 spiro atoms. The summed E-state index contributed by atoms with van der Waals surface area (Å²) in [5.74, 6) is -1.62. The van der Waals surface area contributed by atoms with Gasteiger partial charge in [-0.05, 0) is 25.0 Å². The molecule has 0 bridgehead atoms. The topological polar surface area (TPSA) is 125 Å². The summed E-state index contributed by atoms with van der Waals surface area (Å²) in [7, 11) is -3.57. The SMILES string of the molecule is CC(C)C(C)(C#N)NC(=O)COC(=O)c1ccccc1NS(C)(=O)=O. The molecule has 136 valence electrons. The van der Waals surface area contributed by atoms with Crippen molar-refractivity contribution in [1.29, 1.82) is 5.26 Å². The normalized spacial score (nSPS) is 13.4. The number of amides is 1. The number of ether oxygens (including phenoxy) is 1. The molecule has 0 saturated carbocycles. The summed E-state index contributed by atoms with van der Waals surface area (Å²) in [6, 6.07) is 7.89. The van der Waals surface area contributed by atoms with Crippen molar-refractivity contribution in [1.82, 2.24) is 5.32 Å². The van der Waals surface area contributed by atoms with E-state index < -0.39 is 34.0 Å². The van der Waals surface area contributed by atoms with Gasteiger partial charge in [0, 0.05) is 0 Å². The summed E-state index contributed by atoms with van der Waals surface area (Å²) >= 11 is 0. The predicted molar refractivity (Wildman–Crippen MR) is 92.2 cm³/mol. The predicted octanol–water partition coefficient (Wildman–Crippen LogP) is 1.27. The Hall–Kier alpha value is -2.60. The number of carbonyl (C=O) groups is 2. The van der Waals surface area contributed by atoms with Crippen LogP contribution in [0.1, 0.15) is 31.1 Å². The van der Waals surface area contributed by atoms with Gasteiger partial charge in [-0.2, -0.15) is 5.26 Å². The fourth-order valence-electron chi connectivity index (χ4n) is 1.79. The Morgan fingerprint density at radius 3 is 2.44 bits per heavy atom. The van der Waals surface area contributed by atoms with E-state index in [1.54, 1.807) is 26.8 Å². The molecule has 0 aliphatic carbocycles. The maximum absolute atomic E-state index is 12.1. The molecule has 0 aliphatic heterocycles. The van der Waals surface area contributed by atoms with Gasteiger partial charge in [0.15, 0.2) is 6.61 Å². The van der Waals surface area contributed by atoms with E-state index in [1.165, 1.54) is 18.2 Å². The van der Waals surface area contributed by atoms with Crippen molar-refractivity contribution in [3.05, 3.63) is 29.8 Å². The molecular formula is C16H21N3O5S. The first kappa shape index (κ1) is 20.4. The van der Waals surface area contributed by atoms with E-state index in [4.69, 9.17) is 10.00 Å². The van der Waals surface area contributed by atoms with Crippen molar-refractivity contribution in [2.24, 2.45) is 5.92 Å². The van der Waals surface area contributed by atoms with Crippen molar-refractivity contribution < 1.29 is 22.7 Å². The molecule has 0 aliphatic rings. The molecule has 0 radical (unpaired) electrons. The highest BCUT2D eigenvalue weighted by atomic mass is 32.2. The highest BCUT2D eigenvalue weighted by Gasteiger charge is 2.30. The van der Waals surface area contributed by atoms with Crippen LogP contribution < -0.4 is 10.0 Å². The first-order valence-corrected chi connectivity index (χ1v) is 9.34. The first-order valence-electron chi connectivity index (χ1n) is 7.44. The van der Waals surface area contributed by atoms with Crippen molar-refractivity contribution in [3.8, 4) is 6.07 Å². The average molecular weight is 367 g/mol. The fraction of sp³-hybridized carbons (Fsp3) is 0.438. The van der Waals surface area contributed by atoms with Gasteiger partial charge in [-0.25, -0.2) is 13.2 Å². The molecule has 0 aromatic heterocycles. The number of sulfonamides is 1. The summed E-state index contributed by atoms with van der Waals surface area (Å²) < 4.78 is 29.8. The van der Waals surface area contributed by atoms with Gasteiger partial charge in [0.1, 0.15) is 5.54 Å². The molecule has 9 heteroatoms. The highest BCUT2D eigenvalue weighted by Crippen LogP contribution is 2.18. The number of nitriles is 1. The van der Waals surface area contributed by atoms with Crippen LogP contribution in [-0.2, 0) is 19.6 Å². The molecular weight excluding hydrogens is 346 g/mol. The molecule has 1 amide bonds. The Balaban J connectivity index is 2.79. The van der Waals surface area contributed by atoms with Crippen LogP contribution in [0.25, 0.3) is 0 Å². The standard InChI is InChI=1S/C16H21N3O5S/c1-11(2)16(3,10-17)18-14(20)9-24-15(21)12-7-5-6-8-13(12)19-25(4,22)23/h5-8,11,19H,9H2,1-4H3,(H,18,20). The van der Waals surface area contributed by atoms with E-state index in [0.29, 0.717) is 0 Å². The average Bonchev–Trinajstić information content (AvgIpc) is 2.51. The molecule has 1 rings (SSSR count). The number of hydrogen-bond acceptors (Lipinski definition) is 6. The minimum absolute atomic E-state index is 0.0207. The summed E-state index contributed by atoms with van der Waals surface area (Å²) in [5.41, 5.74) is -1.05.